The normalized spacial score (nSPS) is 19.8. The zero-order valence-corrected chi connectivity index (χ0v) is 19.9. The van der Waals surface area contributed by atoms with Crippen molar-refractivity contribution in [3.8, 4) is 0 Å². The smallest absolute Gasteiger partial charge is 0.387 e. The van der Waals surface area contributed by atoms with Crippen LogP contribution in [-0.2, 0) is 14.4 Å². The van der Waals surface area contributed by atoms with E-state index in [0.717, 1.165) is 0 Å². The third-order valence-electron chi connectivity index (χ3n) is 3.08. The molecular formula is C19H31KN2O3-2. The van der Waals surface area contributed by atoms with Crippen LogP contribution in [0.2, 0.25) is 0 Å². The molecule has 1 unspecified atom stereocenters. The number of allylic oxidation sites excluding steroid dienone is 2. The Hall–Kier alpha value is -0.534. The predicted octanol–water partition coefficient (Wildman–Crippen LogP) is 0.0626. The van der Waals surface area contributed by atoms with Crippen LogP contribution in [0.25, 0.3) is 0 Å². The molecule has 2 aliphatic rings. The molecule has 0 spiro atoms. The van der Waals surface area contributed by atoms with Crippen molar-refractivity contribution < 1.29 is 65.8 Å². The average molecular weight is 375 g/mol. The van der Waals surface area contributed by atoms with Crippen LogP contribution in [0.3, 0.4) is 0 Å². The molecule has 2 heterocycles. The summed E-state index contributed by atoms with van der Waals surface area (Å²) in [5, 5.41) is 2.23. The maximum atomic E-state index is 11.9. The first-order valence-corrected chi connectivity index (χ1v) is 7.63. The summed E-state index contributed by atoms with van der Waals surface area (Å²) in [6, 6.07) is -0.621. The van der Waals surface area contributed by atoms with E-state index in [0.29, 0.717) is 12.0 Å². The Balaban J connectivity index is -0.000000294. The Kier molecular flexibility index (Phi) is 21.8. The van der Waals surface area contributed by atoms with E-state index in [1.54, 1.807) is 12.2 Å². The van der Waals surface area contributed by atoms with Gasteiger partial charge in [-0.05, 0) is 13.0 Å². The summed E-state index contributed by atoms with van der Waals surface area (Å²) < 4.78 is 0. The molecule has 0 bridgehead atoms. The Morgan fingerprint density at radius 2 is 1.68 bits per heavy atom. The van der Waals surface area contributed by atoms with Crippen molar-refractivity contribution in [3.63, 3.8) is 0 Å². The Morgan fingerprint density at radius 3 is 2.12 bits per heavy atom. The van der Waals surface area contributed by atoms with E-state index >= 15 is 0 Å². The summed E-state index contributed by atoms with van der Waals surface area (Å²) in [5.41, 5.74) is 0.791. The summed E-state index contributed by atoms with van der Waals surface area (Å²) in [7, 11) is 0. The van der Waals surface area contributed by atoms with E-state index in [1.165, 1.54) is 4.90 Å². The minimum absolute atomic E-state index is 0. The van der Waals surface area contributed by atoms with Gasteiger partial charge in [0.1, 0.15) is 11.9 Å². The molecule has 0 radical (unpaired) electrons. The number of hydrogen-bond donors (Lipinski definition) is 1. The zero-order valence-electron chi connectivity index (χ0n) is 16.8. The predicted molar refractivity (Wildman–Crippen MR) is 99.5 cm³/mol. The number of imide groups is 1. The Labute approximate surface area is 196 Å². The quantitative estimate of drug-likeness (QED) is 0.322. The molecule has 3 amide bonds. The average Bonchev–Trinajstić information content (AvgIpc) is 2.80. The van der Waals surface area contributed by atoms with Gasteiger partial charge in [0.2, 0.25) is 11.8 Å². The molecule has 0 aromatic carbocycles. The van der Waals surface area contributed by atoms with Gasteiger partial charge in [-0.1, -0.05) is 33.8 Å². The number of nitrogens with zero attached hydrogens (tertiary/aromatic N) is 1. The fraction of sp³-hybridized carbons (Fsp3) is 0.421. The van der Waals surface area contributed by atoms with Crippen molar-refractivity contribution in [2.45, 2.75) is 46.6 Å². The van der Waals surface area contributed by atoms with Gasteiger partial charge in [0.25, 0.3) is 0 Å². The van der Waals surface area contributed by atoms with Crippen LogP contribution in [0.15, 0.2) is 29.9 Å². The number of hydrogen-bond acceptors (Lipinski definition) is 3. The zero-order chi connectivity index (χ0) is 17.3. The molecule has 2 rings (SSSR count). The van der Waals surface area contributed by atoms with Crippen molar-refractivity contribution >= 4 is 17.7 Å². The van der Waals surface area contributed by atoms with Crippen LogP contribution >= 0.6 is 0 Å². The van der Waals surface area contributed by atoms with Crippen molar-refractivity contribution in [2.75, 3.05) is 6.54 Å². The van der Waals surface area contributed by atoms with Crippen molar-refractivity contribution in [1.82, 2.24) is 10.2 Å². The molecular weight excluding hydrogens is 343 g/mol. The van der Waals surface area contributed by atoms with Crippen molar-refractivity contribution in [2.24, 2.45) is 0 Å². The van der Waals surface area contributed by atoms with Gasteiger partial charge in [-0.25, -0.2) is 6.58 Å². The largest absolute Gasteiger partial charge is 1.00 e. The van der Waals surface area contributed by atoms with Crippen LogP contribution in [0, 0.1) is 21.4 Å². The van der Waals surface area contributed by atoms with E-state index in [4.69, 9.17) is 6.58 Å². The monoisotopic (exact) mass is 374 g/mol. The molecule has 2 saturated heterocycles. The first-order valence-electron chi connectivity index (χ1n) is 7.63. The number of rotatable bonds is 2. The van der Waals surface area contributed by atoms with E-state index < -0.39 is 11.9 Å². The number of nitrogens with one attached hydrogen (secondary N) is 1. The number of amides is 3. The van der Waals surface area contributed by atoms with Crippen LogP contribution < -0.4 is 56.7 Å². The van der Waals surface area contributed by atoms with Crippen molar-refractivity contribution in [1.29, 1.82) is 0 Å². The number of piperidine rings is 1. The second-order valence-electron chi connectivity index (χ2n) is 4.24. The Morgan fingerprint density at radius 1 is 1.16 bits per heavy atom. The van der Waals surface area contributed by atoms with E-state index in [1.807, 2.05) is 27.7 Å². The molecule has 5 nitrogen and oxygen atoms in total. The summed E-state index contributed by atoms with van der Waals surface area (Å²) in [4.78, 5) is 36.1. The molecule has 0 aliphatic carbocycles. The van der Waals surface area contributed by atoms with Crippen LogP contribution in [-0.4, -0.2) is 35.2 Å². The van der Waals surface area contributed by atoms with Crippen molar-refractivity contribution in [3.05, 3.63) is 51.3 Å². The van der Waals surface area contributed by atoms with Gasteiger partial charge in [0.15, 0.2) is 0 Å². The van der Waals surface area contributed by atoms with Crippen LogP contribution in [0.4, 0.5) is 0 Å². The summed E-state index contributed by atoms with van der Waals surface area (Å²) >= 11 is 0. The topological polar surface area (TPSA) is 66.5 Å². The molecule has 0 aromatic rings. The third-order valence-corrected chi connectivity index (χ3v) is 3.08. The minimum atomic E-state index is -0.621. The number of likely N-dealkylation sites (tertiary alicyclic amines) is 1. The number of carbonyl (C=O) groups is 3. The first-order chi connectivity index (χ1) is 10.5. The molecule has 0 aromatic heterocycles. The minimum Gasteiger partial charge on any atom is -0.387 e. The molecule has 1 N–H and O–H groups in total. The molecule has 0 saturated carbocycles. The summed E-state index contributed by atoms with van der Waals surface area (Å²) in [6.07, 6.45) is 3.77. The second kappa shape index (κ2) is 16.9. The Bertz CT molecular complexity index is 499. The molecule has 138 valence electrons. The molecule has 1 atom stereocenters. The van der Waals surface area contributed by atoms with Gasteiger partial charge < -0.3 is 24.5 Å². The first kappa shape index (κ1) is 32.2. The summed E-state index contributed by atoms with van der Waals surface area (Å²) in [5.74, 6) is -1.11. The van der Waals surface area contributed by atoms with Gasteiger partial charge in [-0.15, -0.1) is 23.8 Å². The molecule has 25 heavy (non-hydrogen) atoms. The molecule has 2 fully saturated rings. The fourth-order valence-corrected chi connectivity index (χ4v) is 2.15. The maximum Gasteiger partial charge on any atom is 1.00 e. The number of carbonyl (C=O) groups excluding carboxylic acids is 3. The van der Waals surface area contributed by atoms with E-state index in [2.05, 4.69) is 11.9 Å². The maximum absolute atomic E-state index is 11.9. The fourth-order valence-electron chi connectivity index (χ4n) is 2.15. The van der Waals surface area contributed by atoms with Crippen LogP contribution in [0.5, 0.6) is 0 Å². The SMILES string of the molecule is CC.CC.[CH-]=C1C(=O)N(C2CCC(=O)NC2=O)C/C1=C/C=C.[CH3-].[CH3-].[K+]. The van der Waals surface area contributed by atoms with Gasteiger partial charge in [0.05, 0.1) is 0 Å². The molecule has 2 aliphatic heterocycles. The van der Waals surface area contributed by atoms with Gasteiger partial charge in [-0.3, -0.25) is 14.9 Å². The van der Waals surface area contributed by atoms with E-state index in [9.17, 15) is 14.4 Å². The van der Waals surface area contributed by atoms with E-state index in [-0.39, 0.29) is 96.6 Å². The summed E-state index contributed by atoms with van der Waals surface area (Å²) in [6.45, 7) is 17.5. The molecule has 6 heteroatoms. The van der Waals surface area contributed by atoms with Crippen LogP contribution in [0.1, 0.15) is 40.5 Å². The van der Waals surface area contributed by atoms with Gasteiger partial charge in [0, 0.05) is 6.42 Å². The standard InChI is InChI=1S/C13H13N2O3.2C2H6.2CH3.K/c1-3-4-9-7-15(13(18)8(9)2)10-5-6-11(16)14-12(10)17;2*1-2;;;/h2-4,10H,1,5-7H2,(H,14,16,17);2*1-2H3;2*1H3;/q-1;;;2*-1;+1/b9-4-;;;;;. The van der Waals surface area contributed by atoms with Gasteiger partial charge >= 0.3 is 51.4 Å². The second-order valence-corrected chi connectivity index (χ2v) is 4.24. The van der Waals surface area contributed by atoms with Gasteiger partial charge in [-0.2, -0.15) is 0 Å². The third kappa shape index (κ3) is 8.60.